The molecule has 0 aliphatic heterocycles. The van der Waals surface area contributed by atoms with Crippen LogP contribution in [-0.4, -0.2) is 10.5 Å². The number of amides is 1. The Morgan fingerprint density at radius 2 is 1.90 bits per heavy atom. The molecule has 1 N–H and O–H groups in total. The number of carbonyl (C=O) groups excluding carboxylic acids is 1. The second-order valence-electron chi connectivity index (χ2n) is 4.97. The quantitative estimate of drug-likeness (QED) is 0.785. The summed E-state index contributed by atoms with van der Waals surface area (Å²) in [5, 5.41) is 4.60. The fraction of sp³-hybridized carbons (Fsp3) is 0.118. The van der Waals surface area contributed by atoms with Crippen LogP contribution in [0.4, 0.5) is 0 Å². The van der Waals surface area contributed by atoms with E-state index >= 15 is 0 Å². The molecular formula is C17H15ClN2O. The van der Waals surface area contributed by atoms with E-state index in [9.17, 15) is 4.79 Å². The van der Waals surface area contributed by atoms with Crippen molar-refractivity contribution >= 4 is 28.4 Å². The number of carbonyl (C=O) groups is 1. The van der Waals surface area contributed by atoms with Crippen molar-refractivity contribution in [3.05, 3.63) is 70.9 Å². The Bertz CT molecular complexity index is 790. The SMILES string of the molecule is Cn1ccc2c(C(=O)NCc3ccc(Cl)cc3)cccc21. The molecule has 106 valence electrons. The molecular weight excluding hydrogens is 284 g/mol. The molecule has 0 aliphatic rings. The van der Waals surface area contributed by atoms with Gasteiger partial charge in [0.15, 0.2) is 0 Å². The minimum absolute atomic E-state index is 0.0678. The molecule has 3 aromatic rings. The van der Waals surface area contributed by atoms with Crippen LogP contribution >= 0.6 is 11.6 Å². The lowest BCUT2D eigenvalue weighted by Crippen LogP contribution is -2.22. The van der Waals surface area contributed by atoms with E-state index in [1.807, 2.05) is 66.3 Å². The summed E-state index contributed by atoms with van der Waals surface area (Å²) in [5.41, 5.74) is 2.77. The Morgan fingerprint density at radius 1 is 1.14 bits per heavy atom. The third kappa shape index (κ3) is 2.78. The van der Waals surface area contributed by atoms with E-state index in [1.165, 1.54) is 0 Å². The van der Waals surface area contributed by atoms with Gasteiger partial charge in [0.1, 0.15) is 0 Å². The van der Waals surface area contributed by atoms with Gasteiger partial charge in [0.25, 0.3) is 5.91 Å². The lowest BCUT2D eigenvalue weighted by Gasteiger charge is -2.07. The first-order valence-electron chi connectivity index (χ1n) is 6.72. The highest BCUT2D eigenvalue weighted by Crippen LogP contribution is 2.19. The second kappa shape index (κ2) is 5.62. The van der Waals surface area contributed by atoms with Crippen molar-refractivity contribution in [2.75, 3.05) is 0 Å². The fourth-order valence-corrected chi connectivity index (χ4v) is 2.51. The molecule has 1 heterocycles. The molecule has 3 rings (SSSR count). The van der Waals surface area contributed by atoms with E-state index in [-0.39, 0.29) is 5.91 Å². The number of hydrogen-bond acceptors (Lipinski definition) is 1. The molecule has 0 fully saturated rings. The van der Waals surface area contributed by atoms with Gasteiger partial charge < -0.3 is 9.88 Å². The van der Waals surface area contributed by atoms with Gasteiger partial charge in [-0.15, -0.1) is 0 Å². The fourth-order valence-electron chi connectivity index (χ4n) is 2.38. The maximum Gasteiger partial charge on any atom is 0.252 e. The molecule has 3 nitrogen and oxygen atoms in total. The van der Waals surface area contributed by atoms with Crippen LogP contribution in [0.15, 0.2) is 54.7 Å². The van der Waals surface area contributed by atoms with E-state index < -0.39 is 0 Å². The van der Waals surface area contributed by atoms with Crippen molar-refractivity contribution in [2.24, 2.45) is 7.05 Å². The van der Waals surface area contributed by atoms with Crippen molar-refractivity contribution in [1.29, 1.82) is 0 Å². The summed E-state index contributed by atoms with van der Waals surface area (Å²) in [5.74, 6) is -0.0678. The summed E-state index contributed by atoms with van der Waals surface area (Å²) in [7, 11) is 1.97. The normalized spacial score (nSPS) is 10.8. The predicted molar refractivity (Wildman–Crippen MR) is 85.5 cm³/mol. The molecule has 0 spiro atoms. The minimum atomic E-state index is -0.0678. The molecule has 0 unspecified atom stereocenters. The minimum Gasteiger partial charge on any atom is -0.351 e. The molecule has 0 atom stereocenters. The molecule has 2 aromatic carbocycles. The van der Waals surface area contributed by atoms with Crippen LogP contribution in [0, 0.1) is 0 Å². The van der Waals surface area contributed by atoms with E-state index in [2.05, 4.69) is 5.32 Å². The summed E-state index contributed by atoms with van der Waals surface area (Å²) >= 11 is 5.85. The number of hydrogen-bond donors (Lipinski definition) is 1. The van der Waals surface area contributed by atoms with E-state index in [4.69, 9.17) is 11.6 Å². The first kappa shape index (κ1) is 13.7. The van der Waals surface area contributed by atoms with E-state index in [1.54, 1.807) is 0 Å². The van der Waals surface area contributed by atoms with E-state index in [0.717, 1.165) is 16.5 Å². The highest BCUT2D eigenvalue weighted by Gasteiger charge is 2.11. The molecule has 21 heavy (non-hydrogen) atoms. The topological polar surface area (TPSA) is 34.0 Å². The first-order valence-corrected chi connectivity index (χ1v) is 7.09. The number of rotatable bonds is 3. The smallest absolute Gasteiger partial charge is 0.252 e. The average molecular weight is 299 g/mol. The van der Waals surface area contributed by atoms with Crippen LogP contribution in [0.2, 0.25) is 5.02 Å². The molecule has 4 heteroatoms. The lowest BCUT2D eigenvalue weighted by molar-refractivity contribution is 0.0952. The monoisotopic (exact) mass is 298 g/mol. The van der Waals surface area contributed by atoms with Crippen molar-refractivity contribution in [1.82, 2.24) is 9.88 Å². The van der Waals surface area contributed by atoms with Crippen molar-refractivity contribution in [3.63, 3.8) is 0 Å². The van der Waals surface area contributed by atoms with Gasteiger partial charge in [-0.3, -0.25) is 4.79 Å². The largest absolute Gasteiger partial charge is 0.351 e. The Kier molecular flexibility index (Phi) is 3.67. The number of fused-ring (bicyclic) bond motifs is 1. The standard InChI is InChI=1S/C17H15ClN2O/c1-20-10-9-14-15(3-2-4-16(14)20)17(21)19-11-12-5-7-13(18)8-6-12/h2-10H,11H2,1H3,(H,19,21). The number of nitrogens with zero attached hydrogens (tertiary/aromatic N) is 1. The zero-order chi connectivity index (χ0) is 14.8. The number of halogens is 1. The highest BCUT2D eigenvalue weighted by atomic mass is 35.5. The van der Waals surface area contributed by atoms with Crippen LogP contribution in [0.25, 0.3) is 10.9 Å². The Morgan fingerprint density at radius 3 is 2.67 bits per heavy atom. The first-order chi connectivity index (χ1) is 10.1. The third-order valence-electron chi connectivity index (χ3n) is 3.54. The van der Waals surface area contributed by atoms with Gasteiger partial charge in [-0.05, 0) is 35.9 Å². The lowest BCUT2D eigenvalue weighted by atomic mass is 10.1. The summed E-state index contributed by atoms with van der Waals surface area (Å²) in [6.07, 6.45) is 1.96. The van der Waals surface area contributed by atoms with Crippen LogP contribution in [-0.2, 0) is 13.6 Å². The van der Waals surface area contributed by atoms with Gasteiger partial charge in [-0.25, -0.2) is 0 Å². The molecule has 0 aliphatic carbocycles. The maximum atomic E-state index is 12.4. The Labute approximate surface area is 128 Å². The summed E-state index contributed by atoms with van der Waals surface area (Å²) in [6, 6.07) is 15.2. The van der Waals surface area contributed by atoms with Crippen molar-refractivity contribution < 1.29 is 4.79 Å². The summed E-state index contributed by atoms with van der Waals surface area (Å²) < 4.78 is 2.01. The number of benzene rings is 2. The molecule has 0 saturated heterocycles. The maximum absolute atomic E-state index is 12.4. The highest BCUT2D eigenvalue weighted by molar-refractivity contribution is 6.30. The van der Waals surface area contributed by atoms with E-state index in [0.29, 0.717) is 17.1 Å². The second-order valence-corrected chi connectivity index (χ2v) is 5.41. The Hall–Kier alpha value is -2.26. The van der Waals surface area contributed by atoms with Gasteiger partial charge in [0, 0.05) is 41.3 Å². The number of aryl methyl sites for hydroxylation is 1. The van der Waals surface area contributed by atoms with Gasteiger partial charge in [0.2, 0.25) is 0 Å². The number of aromatic nitrogens is 1. The van der Waals surface area contributed by atoms with Crippen LogP contribution in [0.1, 0.15) is 15.9 Å². The summed E-state index contributed by atoms with van der Waals surface area (Å²) in [4.78, 5) is 12.4. The van der Waals surface area contributed by atoms with Gasteiger partial charge in [0.05, 0.1) is 0 Å². The van der Waals surface area contributed by atoms with Gasteiger partial charge in [-0.2, -0.15) is 0 Å². The Balaban J connectivity index is 1.79. The average Bonchev–Trinajstić information content (AvgIpc) is 2.88. The van der Waals surface area contributed by atoms with Crippen LogP contribution in [0.5, 0.6) is 0 Å². The molecule has 1 aromatic heterocycles. The zero-order valence-corrected chi connectivity index (χ0v) is 12.4. The zero-order valence-electron chi connectivity index (χ0n) is 11.6. The van der Waals surface area contributed by atoms with Crippen molar-refractivity contribution in [2.45, 2.75) is 6.54 Å². The number of nitrogens with one attached hydrogen (secondary N) is 1. The molecule has 1 amide bonds. The van der Waals surface area contributed by atoms with Crippen molar-refractivity contribution in [3.8, 4) is 0 Å². The van der Waals surface area contributed by atoms with Crippen LogP contribution < -0.4 is 5.32 Å². The predicted octanol–water partition coefficient (Wildman–Crippen LogP) is 3.76. The third-order valence-corrected chi connectivity index (χ3v) is 3.79. The molecule has 0 saturated carbocycles. The molecule has 0 radical (unpaired) electrons. The molecule has 0 bridgehead atoms. The van der Waals surface area contributed by atoms with Gasteiger partial charge >= 0.3 is 0 Å². The summed E-state index contributed by atoms with van der Waals surface area (Å²) in [6.45, 7) is 0.485. The van der Waals surface area contributed by atoms with Gasteiger partial charge in [-0.1, -0.05) is 29.8 Å². The van der Waals surface area contributed by atoms with Crippen LogP contribution in [0.3, 0.4) is 0 Å².